The average Bonchev–Trinajstić information content (AvgIpc) is 2.75. The van der Waals surface area contributed by atoms with Crippen LogP contribution in [0.4, 0.5) is 13.2 Å². The van der Waals surface area contributed by atoms with Crippen LogP contribution in [-0.2, 0) is 0 Å². The molecule has 8 heteroatoms. The Morgan fingerprint density at radius 3 is 2.70 bits per heavy atom. The lowest BCUT2D eigenvalue weighted by Gasteiger charge is -2.16. The fraction of sp³-hybridized carbons (Fsp3) is 0.250. The molecule has 108 valence electrons. The van der Waals surface area contributed by atoms with Crippen LogP contribution in [0.15, 0.2) is 30.5 Å². The number of thiazole rings is 1. The molecule has 0 saturated carbocycles. The Kier molecular flexibility index (Phi) is 4.26. The number of aromatic nitrogens is 1. The number of hydrogen-bond acceptors (Lipinski definition) is 5. The van der Waals surface area contributed by atoms with Crippen molar-refractivity contribution in [3.05, 3.63) is 45.9 Å². The molecule has 4 nitrogen and oxygen atoms in total. The van der Waals surface area contributed by atoms with Gasteiger partial charge < -0.3 is 4.74 Å². The minimum absolute atomic E-state index is 0.281. The summed E-state index contributed by atoms with van der Waals surface area (Å²) in [5.41, 5.74) is 3.14. The zero-order valence-electron chi connectivity index (χ0n) is 10.4. The van der Waals surface area contributed by atoms with Gasteiger partial charge in [-0.05, 0) is 24.6 Å². The van der Waals surface area contributed by atoms with Crippen LogP contribution in [0.5, 0.6) is 5.75 Å². The van der Waals surface area contributed by atoms with Gasteiger partial charge in [0.05, 0.1) is 11.0 Å². The maximum Gasteiger partial charge on any atom is 0.573 e. The second-order valence-corrected chi connectivity index (χ2v) is 5.27. The number of nitrogens with two attached hydrogens (primary N) is 1. The molecule has 3 N–H and O–H groups in total. The highest BCUT2D eigenvalue weighted by atomic mass is 32.1. The number of rotatable bonds is 4. The monoisotopic (exact) mass is 303 g/mol. The summed E-state index contributed by atoms with van der Waals surface area (Å²) in [4.78, 5) is 4.92. The van der Waals surface area contributed by atoms with Gasteiger partial charge in [-0.15, -0.1) is 24.5 Å². The molecule has 1 aromatic heterocycles. The molecule has 0 radical (unpaired) electrons. The first-order valence-electron chi connectivity index (χ1n) is 5.63. The summed E-state index contributed by atoms with van der Waals surface area (Å²) < 4.78 is 40.5. The molecule has 0 spiro atoms. The number of aryl methyl sites for hydroxylation is 1. The van der Waals surface area contributed by atoms with E-state index in [2.05, 4.69) is 15.1 Å². The molecule has 1 unspecified atom stereocenters. The van der Waals surface area contributed by atoms with Gasteiger partial charge in [0.2, 0.25) is 0 Å². The summed E-state index contributed by atoms with van der Waals surface area (Å²) in [6.45, 7) is 1.84. The maximum atomic E-state index is 12.2. The highest BCUT2D eigenvalue weighted by Gasteiger charge is 2.31. The Balaban J connectivity index is 2.29. The first kappa shape index (κ1) is 14.8. The van der Waals surface area contributed by atoms with E-state index < -0.39 is 12.4 Å². The molecular formula is C12H12F3N3OS. The van der Waals surface area contributed by atoms with Gasteiger partial charge in [0, 0.05) is 11.1 Å². The number of hydrazine groups is 1. The van der Waals surface area contributed by atoms with Crippen molar-refractivity contribution in [1.29, 1.82) is 0 Å². The van der Waals surface area contributed by atoms with Crippen molar-refractivity contribution in [3.8, 4) is 5.75 Å². The predicted molar refractivity (Wildman–Crippen MR) is 69.1 cm³/mol. The van der Waals surface area contributed by atoms with Crippen molar-refractivity contribution in [1.82, 2.24) is 10.4 Å². The molecule has 0 aliphatic carbocycles. The maximum absolute atomic E-state index is 12.2. The van der Waals surface area contributed by atoms with Gasteiger partial charge in [0.25, 0.3) is 0 Å². The Bertz CT molecular complexity index is 585. The smallest absolute Gasteiger partial charge is 0.406 e. The summed E-state index contributed by atoms with van der Waals surface area (Å²) in [5.74, 6) is 5.21. The van der Waals surface area contributed by atoms with Crippen LogP contribution in [0.3, 0.4) is 0 Å². The second-order valence-electron chi connectivity index (χ2n) is 4.00. The molecule has 2 rings (SSSR count). The highest BCUT2D eigenvalue weighted by molar-refractivity contribution is 7.11. The lowest BCUT2D eigenvalue weighted by Crippen LogP contribution is -2.28. The number of benzene rings is 1. The quantitative estimate of drug-likeness (QED) is 0.673. The summed E-state index contributed by atoms with van der Waals surface area (Å²) in [6, 6.07) is 5.26. The van der Waals surface area contributed by atoms with Gasteiger partial charge in [0.1, 0.15) is 5.75 Å². The molecule has 20 heavy (non-hydrogen) atoms. The number of nitrogens with zero attached hydrogens (tertiary/aromatic N) is 1. The molecule has 1 heterocycles. The molecule has 0 aliphatic heterocycles. The third kappa shape index (κ3) is 3.69. The van der Waals surface area contributed by atoms with Gasteiger partial charge in [-0.2, -0.15) is 0 Å². The largest absolute Gasteiger partial charge is 0.573 e. The van der Waals surface area contributed by atoms with Gasteiger partial charge in [0.15, 0.2) is 0 Å². The van der Waals surface area contributed by atoms with Crippen LogP contribution < -0.4 is 16.0 Å². The fourth-order valence-electron chi connectivity index (χ4n) is 1.75. The lowest BCUT2D eigenvalue weighted by atomic mass is 10.1. The molecule has 2 aromatic rings. The molecule has 0 saturated heterocycles. The van der Waals surface area contributed by atoms with Crippen molar-refractivity contribution in [2.75, 3.05) is 0 Å². The second kappa shape index (κ2) is 5.78. The minimum Gasteiger partial charge on any atom is -0.406 e. The molecule has 1 atom stereocenters. The molecule has 0 fully saturated rings. The van der Waals surface area contributed by atoms with Crippen molar-refractivity contribution < 1.29 is 17.9 Å². The molecule has 1 aromatic carbocycles. The molecular weight excluding hydrogens is 291 g/mol. The SMILES string of the molecule is Cc1ncc(C(NN)c2cccc(OC(F)(F)F)c2)s1. The highest BCUT2D eigenvalue weighted by Crippen LogP contribution is 2.30. The van der Waals surface area contributed by atoms with E-state index in [4.69, 9.17) is 5.84 Å². The predicted octanol–water partition coefficient (Wildman–Crippen LogP) is 2.90. The normalized spacial score (nSPS) is 13.2. The fourth-order valence-corrected chi connectivity index (χ4v) is 2.62. The number of halogens is 3. The summed E-state index contributed by atoms with van der Waals surface area (Å²) in [6.07, 6.45) is -3.08. The Morgan fingerprint density at radius 2 is 2.15 bits per heavy atom. The van der Waals surface area contributed by atoms with Gasteiger partial charge in [-0.25, -0.2) is 10.4 Å². The number of alkyl halides is 3. The minimum atomic E-state index is -4.72. The van der Waals surface area contributed by atoms with Crippen LogP contribution in [0.25, 0.3) is 0 Å². The zero-order chi connectivity index (χ0) is 14.8. The van der Waals surface area contributed by atoms with Crippen molar-refractivity contribution in [2.24, 2.45) is 5.84 Å². The van der Waals surface area contributed by atoms with Crippen molar-refractivity contribution in [2.45, 2.75) is 19.3 Å². The van der Waals surface area contributed by atoms with E-state index >= 15 is 0 Å². The van der Waals surface area contributed by atoms with E-state index in [1.54, 1.807) is 12.3 Å². The topological polar surface area (TPSA) is 60.2 Å². The van der Waals surface area contributed by atoms with Crippen LogP contribution in [0.1, 0.15) is 21.5 Å². The van der Waals surface area contributed by atoms with Crippen LogP contribution in [-0.4, -0.2) is 11.3 Å². The number of nitrogens with one attached hydrogen (secondary N) is 1. The standard InChI is InChI=1S/C12H12F3N3OS/c1-7-17-6-10(20-7)11(18-16)8-3-2-4-9(5-8)19-12(13,14)15/h2-6,11,18H,16H2,1H3. The average molecular weight is 303 g/mol. The summed E-state index contributed by atoms with van der Waals surface area (Å²) in [7, 11) is 0. The van der Waals surface area contributed by atoms with E-state index in [0.717, 1.165) is 9.88 Å². The van der Waals surface area contributed by atoms with Crippen molar-refractivity contribution in [3.63, 3.8) is 0 Å². The number of ether oxygens (including phenoxy) is 1. The van der Waals surface area contributed by atoms with Crippen LogP contribution >= 0.6 is 11.3 Å². The van der Waals surface area contributed by atoms with Crippen LogP contribution in [0.2, 0.25) is 0 Å². The third-order valence-corrected chi connectivity index (χ3v) is 3.49. The summed E-state index contributed by atoms with van der Waals surface area (Å²) in [5, 5.41) is 0.850. The molecule has 0 amide bonds. The van der Waals surface area contributed by atoms with Gasteiger partial charge in [-0.3, -0.25) is 5.84 Å². The number of hydrogen-bond donors (Lipinski definition) is 2. The Morgan fingerprint density at radius 1 is 1.40 bits per heavy atom. The van der Waals surface area contributed by atoms with E-state index in [1.165, 1.54) is 29.5 Å². The van der Waals surface area contributed by atoms with E-state index in [9.17, 15) is 13.2 Å². The lowest BCUT2D eigenvalue weighted by molar-refractivity contribution is -0.274. The first-order chi connectivity index (χ1) is 9.39. The van der Waals surface area contributed by atoms with Gasteiger partial charge in [-0.1, -0.05) is 12.1 Å². The van der Waals surface area contributed by atoms with E-state index in [0.29, 0.717) is 5.56 Å². The zero-order valence-corrected chi connectivity index (χ0v) is 11.3. The molecule has 0 bridgehead atoms. The van der Waals surface area contributed by atoms with E-state index in [-0.39, 0.29) is 5.75 Å². The van der Waals surface area contributed by atoms with Crippen LogP contribution in [0, 0.1) is 6.92 Å². The van der Waals surface area contributed by atoms with Gasteiger partial charge >= 0.3 is 6.36 Å². The summed E-state index contributed by atoms with van der Waals surface area (Å²) >= 11 is 1.42. The third-order valence-electron chi connectivity index (χ3n) is 2.52. The van der Waals surface area contributed by atoms with Crippen molar-refractivity contribution >= 4 is 11.3 Å². The Hall–Kier alpha value is -1.64. The first-order valence-corrected chi connectivity index (χ1v) is 6.45. The molecule has 0 aliphatic rings. The Labute approximate surface area is 117 Å². The van der Waals surface area contributed by atoms with E-state index in [1.807, 2.05) is 6.92 Å².